The van der Waals surface area contributed by atoms with Crippen LogP contribution in [0.4, 0.5) is 5.82 Å². The van der Waals surface area contributed by atoms with E-state index in [2.05, 4.69) is 27.4 Å². The third-order valence-electron chi connectivity index (χ3n) is 4.33. The number of ether oxygens (including phenoxy) is 1. The first-order chi connectivity index (χ1) is 11.7. The molecule has 0 spiro atoms. The van der Waals surface area contributed by atoms with Crippen molar-refractivity contribution in [3.05, 3.63) is 24.7 Å². The zero-order valence-electron chi connectivity index (χ0n) is 14.1. The number of anilines is 1. The molecule has 0 aliphatic carbocycles. The molecule has 1 saturated heterocycles. The van der Waals surface area contributed by atoms with E-state index in [-0.39, 0.29) is 17.9 Å². The average molecular weight is 329 g/mol. The predicted octanol–water partition coefficient (Wildman–Crippen LogP) is 2.41. The summed E-state index contributed by atoms with van der Waals surface area (Å²) in [6.07, 6.45) is 7.12. The molecule has 3 rings (SSSR count). The molecule has 1 fully saturated rings. The molecule has 1 aliphatic heterocycles. The van der Waals surface area contributed by atoms with Crippen LogP contribution >= 0.6 is 0 Å². The summed E-state index contributed by atoms with van der Waals surface area (Å²) in [6, 6.07) is 3.68. The van der Waals surface area contributed by atoms with E-state index >= 15 is 0 Å². The molecule has 3 heterocycles. The van der Waals surface area contributed by atoms with Gasteiger partial charge in [-0.15, -0.1) is 10.2 Å². The number of aromatic nitrogens is 4. The van der Waals surface area contributed by atoms with Crippen molar-refractivity contribution >= 4 is 11.7 Å². The molecule has 2 atom stereocenters. The second-order valence-electron chi connectivity index (χ2n) is 6.19. The van der Waals surface area contributed by atoms with Gasteiger partial charge in [-0.3, -0.25) is 4.79 Å². The highest BCUT2D eigenvalue weighted by Crippen LogP contribution is 2.25. The van der Waals surface area contributed by atoms with Crippen molar-refractivity contribution in [3.8, 4) is 11.4 Å². The quantitative estimate of drug-likeness (QED) is 0.911. The molecule has 0 saturated carbocycles. The summed E-state index contributed by atoms with van der Waals surface area (Å²) in [5.41, 5.74) is 0.871. The Hall–Kier alpha value is -2.28. The zero-order valence-corrected chi connectivity index (χ0v) is 14.1. The molecule has 0 radical (unpaired) electrons. The van der Waals surface area contributed by atoms with E-state index in [0.29, 0.717) is 12.4 Å². The molecule has 0 bridgehead atoms. The normalized spacial score (nSPS) is 20.8. The molecule has 0 unspecified atom stereocenters. The van der Waals surface area contributed by atoms with Gasteiger partial charge in [0.15, 0.2) is 5.82 Å². The number of nitrogens with zero attached hydrogens (tertiary/aromatic N) is 4. The summed E-state index contributed by atoms with van der Waals surface area (Å²) >= 11 is 0. The Morgan fingerprint density at radius 1 is 1.50 bits per heavy atom. The second-order valence-corrected chi connectivity index (χ2v) is 6.19. The predicted molar refractivity (Wildman–Crippen MR) is 90.2 cm³/mol. The van der Waals surface area contributed by atoms with Crippen molar-refractivity contribution in [2.45, 2.75) is 38.7 Å². The van der Waals surface area contributed by atoms with E-state index in [1.165, 1.54) is 0 Å². The van der Waals surface area contributed by atoms with Crippen molar-refractivity contribution < 1.29 is 9.53 Å². The largest absolute Gasteiger partial charge is 0.378 e. The van der Waals surface area contributed by atoms with Gasteiger partial charge >= 0.3 is 0 Å². The standard InChI is InChI=1S/C17H23N5O2/c1-3-4-14-9-13(6-8-24-14)17(23)20-15-10-12(5-7-18-15)16-21-19-11-22(16)2/h5,7,10-11,13-14H,3-4,6,8-9H2,1-2H3,(H,18,20,23)/t13-,14-/m0/s1. The smallest absolute Gasteiger partial charge is 0.228 e. The average Bonchev–Trinajstić information content (AvgIpc) is 3.02. The molecule has 2 aromatic rings. The molecular formula is C17H23N5O2. The van der Waals surface area contributed by atoms with E-state index < -0.39 is 0 Å². The summed E-state index contributed by atoms with van der Waals surface area (Å²) in [4.78, 5) is 16.8. The van der Waals surface area contributed by atoms with Crippen molar-refractivity contribution in [1.29, 1.82) is 0 Å². The van der Waals surface area contributed by atoms with E-state index in [4.69, 9.17) is 4.74 Å². The number of hydrogen-bond acceptors (Lipinski definition) is 5. The first kappa shape index (κ1) is 16.6. The zero-order chi connectivity index (χ0) is 16.9. The fourth-order valence-electron chi connectivity index (χ4n) is 3.05. The Morgan fingerprint density at radius 3 is 3.12 bits per heavy atom. The third-order valence-corrected chi connectivity index (χ3v) is 4.33. The van der Waals surface area contributed by atoms with Crippen molar-refractivity contribution in [2.75, 3.05) is 11.9 Å². The lowest BCUT2D eigenvalue weighted by Gasteiger charge is -2.28. The highest BCUT2D eigenvalue weighted by Gasteiger charge is 2.27. The van der Waals surface area contributed by atoms with Gasteiger partial charge in [-0.05, 0) is 31.4 Å². The van der Waals surface area contributed by atoms with Gasteiger partial charge in [-0.25, -0.2) is 4.98 Å². The van der Waals surface area contributed by atoms with Crippen molar-refractivity contribution in [2.24, 2.45) is 13.0 Å². The number of rotatable bonds is 5. The van der Waals surface area contributed by atoms with Gasteiger partial charge in [0.05, 0.1) is 6.10 Å². The Morgan fingerprint density at radius 2 is 2.38 bits per heavy atom. The van der Waals surface area contributed by atoms with E-state index in [1.54, 1.807) is 12.5 Å². The van der Waals surface area contributed by atoms with Gasteiger partial charge in [-0.2, -0.15) is 0 Å². The molecular weight excluding hydrogens is 306 g/mol. The summed E-state index contributed by atoms with van der Waals surface area (Å²) in [5, 5.41) is 10.9. The van der Waals surface area contributed by atoms with Gasteiger partial charge in [0.2, 0.25) is 5.91 Å². The molecule has 0 aromatic carbocycles. The number of nitrogens with one attached hydrogen (secondary N) is 1. The molecule has 1 N–H and O–H groups in total. The number of carbonyl (C=O) groups excluding carboxylic acids is 1. The van der Waals surface area contributed by atoms with Crippen LogP contribution in [-0.2, 0) is 16.6 Å². The second kappa shape index (κ2) is 7.53. The van der Waals surface area contributed by atoms with Crippen LogP contribution in [0.2, 0.25) is 0 Å². The fraction of sp³-hybridized carbons (Fsp3) is 0.529. The van der Waals surface area contributed by atoms with E-state index in [1.807, 2.05) is 23.7 Å². The minimum Gasteiger partial charge on any atom is -0.378 e. The number of carbonyl (C=O) groups is 1. The maximum Gasteiger partial charge on any atom is 0.228 e. The molecule has 7 heteroatoms. The third kappa shape index (κ3) is 3.79. The highest BCUT2D eigenvalue weighted by molar-refractivity contribution is 5.92. The number of aryl methyl sites for hydroxylation is 1. The summed E-state index contributed by atoms with van der Waals surface area (Å²) in [7, 11) is 1.88. The van der Waals surface area contributed by atoms with Crippen molar-refractivity contribution in [1.82, 2.24) is 19.7 Å². The van der Waals surface area contributed by atoms with Gasteiger partial charge < -0.3 is 14.6 Å². The van der Waals surface area contributed by atoms with E-state index in [0.717, 1.165) is 37.1 Å². The lowest BCUT2D eigenvalue weighted by Crippen LogP contribution is -2.33. The topological polar surface area (TPSA) is 81.9 Å². The first-order valence-electron chi connectivity index (χ1n) is 8.40. The summed E-state index contributed by atoms with van der Waals surface area (Å²) in [6.45, 7) is 2.78. The minimum absolute atomic E-state index is 0.0158. The molecule has 1 amide bonds. The van der Waals surface area contributed by atoms with Crippen LogP contribution in [0, 0.1) is 5.92 Å². The lowest BCUT2D eigenvalue weighted by molar-refractivity contribution is -0.125. The Bertz CT molecular complexity index is 698. The van der Waals surface area contributed by atoms with Crippen LogP contribution in [0.5, 0.6) is 0 Å². The highest BCUT2D eigenvalue weighted by atomic mass is 16.5. The van der Waals surface area contributed by atoms with Crippen LogP contribution in [0.3, 0.4) is 0 Å². The van der Waals surface area contributed by atoms with Crippen molar-refractivity contribution in [3.63, 3.8) is 0 Å². The van der Waals surface area contributed by atoms with Crippen LogP contribution in [0.1, 0.15) is 32.6 Å². The van der Waals surface area contributed by atoms with Gasteiger partial charge in [-0.1, -0.05) is 13.3 Å². The number of hydrogen-bond donors (Lipinski definition) is 1. The van der Waals surface area contributed by atoms with E-state index in [9.17, 15) is 4.79 Å². The number of pyridine rings is 1. The fourth-order valence-corrected chi connectivity index (χ4v) is 3.05. The maximum atomic E-state index is 12.5. The monoisotopic (exact) mass is 329 g/mol. The maximum absolute atomic E-state index is 12.5. The molecule has 128 valence electrons. The minimum atomic E-state index is -0.0180. The molecule has 1 aliphatic rings. The Labute approximate surface area is 141 Å². The SMILES string of the molecule is CCC[C@H]1C[C@@H](C(=O)Nc2cc(-c3nncn3C)ccn2)CCO1. The Balaban J connectivity index is 1.67. The van der Waals surface area contributed by atoms with Crippen LogP contribution in [0.15, 0.2) is 24.7 Å². The van der Waals surface area contributed by atoms with Crippen LogP contribution in [0.25, 0.3) is 11.4 Å². The Kier molecular flexibility index (Phi) is 5.20. The van der Waals surface area contributed by atoms with Crippen LogP contribution in [-0.4, -0.2) is 38.4 Å². The molecule has 2 aromatic heterocycles. The molecule has 24 heavy (non-hydrogen) atoms. The first-order valence-corrected chi connectivity index (χ1v) is 8.40. The lowest BCUT2D eigenvalue weighted by atomic mass is 9.93. The summed E-state index contributed by atoms with van der Waals surface area (Å²) < 4.78 is 7.54. The summed E-state index contributed by atoms with van der Waals surface area (Å²) in [5.74, 6) is 1.28. The van der Waals surface area contributed by atoms with Gasteiger partial charge in [0, 0.05) is 31.3 Å². The molecule has 7 nitrogen and oxygen atoms in total. The van der Waals surface area contributed by atoms with Gasteiger partial charge in [0.1, 0.15) is 12.1 Å². The number of amides is 1. The van der Waals surface area contributed by atoms with Gasteiger partial charge in [0.25, 0.3) is 0 Å². The van der Waals surface area contributed by atoms with Crippen LogP contribution < -0.4 is 5.32 Å².